The van der Waals surface area contributed by atoms with E-state index in [2.05, 4.69) is 49.8 Å². The second kappa shape index (κ2) is 7.15. The Morgan fingerprint density at radius 2 is 2.17 bits per heavy atom. The monoisotopic (exact) mass is 311 g/mol. The first kappa shape index (κ1) is 15.4. The van der Waals surface area contributed by atoms with E-state index in [0.717, 1.165) is 36.7 Å². The van der Waals surface area contributed by atoms with Gasteiger partial charge in [-0.15, -0.1) is 0 Å². The zero-order chi connectivity index (χ0) is 16.1. The van der Waals surface area contributed by atoms with Crippen molar-refractivity contribution in [1.29, 1.82) is 0 Å². The number of nitrogens with one attached hydrogen (secondary N) is 1. The molecular formula is C16H21N7. The van der Waals surface area contributed by atoms with E-state index < -0.39 is 0 Å². The van der Waals surface area contributed by atoms with Gasteiger partial charge in [0, 0.05) is 49.7 Å². The highest BCUT2D eigenvalue weighted by Gasteiger charge is 2.09. The van der Waals surface area contributed by atoms with Gasteiger partial charge < -0.3 is 9.88 Å². The minimum atomic E-state index is 0.318. The summed E-state index contributed by atoms with van der Waals surface area (Å²) in [4.78, 5) is 12.8. The Balaban J connectivity index is 1.65. The molecule has 0 radical (unpaired) electrons. The molecule has 3 rings (SSSR count). The fraction of sp³-hybridized carbons (Fsp3) is 0.375. The summed E-state index contributed by atoms with van der Waals surface area (Å²) in [5.74, 6) is 1.92. The van der Waals surface area contributed by atoms with Crippen molar-refractivity contribution < 1.29 is 0 Å². The SMILES string of the molecule is CCc1nccn1CC(C)NCc1cccnc1-n1cncn1. The minimum Gasteiger partial charge on any atom is -0.333 e. The highest BCUT2D eigenvalue weighted by Crippen LogP contribution is 2.10. The lowest BCUT2D eigenvalue weighted by Crippen LogP contribution is -2.30. The summed E-state index contributed by atoms with van der Waals surface area (Å²) in [6.45, 7) is 5.91. The molecule has 0 aliphatic heterocycles. The van der Waals surface area contributed by atoms with Gasteiger partial charge >= 0.3 is 0 Å². The largest absolute Gasteiger partial charge is 0.333 e. The van der Waals surface area contributed by atoms with Crippen LogP contribution in [-0.4, -0.2) is 35.3 Å². The maximum Gasteiger partial charge on any atom is 0.159 e. The van der Waals surface area contributed by atoms with E-state index >= 15 is 0 Å². The molecule has 0 aliphatic rings. The molecule has 7 heteroatoms. The fourth-order valence-electron chi connectivity index (χ4n) is 2.56. The number of imidazole rings is 1. The highest BCUT2D eigenvalue weighted by molar-refractivity contribution is 5.31. The van der Waals surface area contributed by atoms with E-state index in [-0.39, 0.29) is 0 Å². The summed E-state index contributed by atoms with van der Waals surface area (Å²) >= 11 is 0. The number of hydrogen-bond donors (Lipinski definition) is 1. The molecule has 3 heterocycles. The first-order chi connectivity index (χ1) is 11.3. The summed E-state index contributed by atoms with van der Waals surface area (Å²) in [5, 5.41) is 7.70. The van der Waals surface area contributed by atoms with Crippen LogP contribution in [0.4, 0.5) is 0 Å². The third kappa shape index (κ3) is 3.62. The van der Waals surface area contributed by atoms with E-state index in [1.54, 1.807) is 17.2 Å². The molecule has 0 aliphatic carbocycles. The van der Waals surface area contributed by atoms with Crippen molar-refractivity contribution >= 4 is 0 Å². The summed E-state index contributed by atoms with van der Waals surface area (Å²) in [5.41, 5.74) is 1.09. The smallest absolute Gasteiger partial charge is 0.159 e. The van der Waals surface area contributed by atoms with Gasteiger partial charge in [0.2, 0.25) is 0 Å². The predicted molar refractivity (Wildman–Crippen MR) is 87.1 cm³/mol. The lowest BCUT2D eigenvalue weighted by atomic mass is 10.2. The standard InChI is InChI=1S/C16H21N7/c1-3-15-18-7-8-22(15)10-13(2)20-9-14-5-4-6-19-16(14)23-12-17-11-21-23/h4-8,11-13,20H,3,9-10H2,1-2H3. The molecule has 1 unspecified atom stereocenters. The zero-order valence-electron chi connectivity index (χ0n) is 13.4. The van der Waals surface area contributed by atoms with Crippen LogP contribution in [0.2, 0.25) is 0 Å². The maximum absolute atomic E-state index is 4.41. The maximum atomic E-state index is 4.41. The Bertz CT molecular complexity index is 732. The van der Waals surface area contributed by atoms with Gasteiger partial charge in [-0.2, -0.15) is 5.10 Å². The molecule has 0 spiro atoms. The van der Waals surface area contributed by atoms with Crippen LogP contribution in [0.25, 0.3) is 5.82 Å². The second-order valence-corrected chi connectivity index (χ2v) is 5.46. The summed E-state index contributed by atoms with van der Waals surface area (Å²) in [6.07, 6.45) is 9.77. The molecule has 1 N–H and O–H groups in total. The van der Waals surface area contributed by atoms with E-state index in [1.807, 2.05) is 18.5 Å². The molecule has 23 heavy (non-hydrogen) atoms. The van der Waals surface area contributed by atoms with Crippen LogP contribution in [0.15, 0.2) is 43.4 Å². The molecule has 7 nitrogen and oxygen atoms in total. The first-order valence-corrected chi connectivity index (χ1v) is 7.80. The number of aromatic nitrogens is 6. The molecule has 0 saturated heterocycles. The molecule has 3 aromatic rings. The summed E-state index contributed by atoms with van der Waals surface area (Å²) in [7, 11) is 0. The molecule has 0 amide bonds. The van der Waals surface area contributed by atoms with Gasteiger partial charge in [0.1, 0.15) is 18.5 Å². The Morgan fingerprint density at radius 3 is 2.96 bits per heavy atom. The average Bonchev–Trinajstić information content (AvgIpc) is 3.24. The van der Waals surface area contributed by atoms with Crippen molar-refractivity contribution in [2.75, 3.05) is 0 Å². The first-order valence-electron chi connectivity index (χ1n) is 7.80. The quantitative estimate of drug-likeness (QED) is 0.717. The van der Waals surface area contributed by atoms with Crippen molar-refractivity contribution in [3.8, 4) is 5.82 Å². The number of nitrogens with zero attached hydrogens (tertiary/aromatic N) is 6. The Morgan fingerprint density at radius 1 is 1.26 bits per heavy atom. The van der Waals surface area contributed by atoms with E-state index in [9.17, 15) is 0 Å². The Labute approximate surface area is 135 Å². The molecule has 0 bridgehead atoms. The normalized spacial score (nSPS) is 12.4. The van der Waals surface area contributed by atoms with Gasteiger partial charge in [-0.1, -0.05) is 13.0 Å². The number of hydrogen-bond acceptors (Lipinski definition) is 5. The minimum absolute atomic E-state index is 0.318. The van der Waals surface area contributed by atoms with Crippen LogP contribution in [0, 0.1) is 0 Å². The number of aryl methyl sites for hydroxylation is 1. The second-order valence-electron chi connectivity index (χ2n) is 5.46. The van der Waals surface area contributed by atoms with Crippen LogP contribution in [0.3, 0.4) is 0 Å². The van der Waals surface area contributed by atoms with Crippen LogP contribution >= 0.6 is 0 Å². The van der Waals surface area contributed by atoms with Crippen LogP contribution in [0.5, 0.6) is 0 Å². The third-order valence-corrected chi connectivity index (χ3v) is 3.73. The molecular weight excluding hydrogens is 290 g/mol. The molecule has 120 valence electrons. The van der Waals surface area contributed by atoms with Gasteiger partial charge in [0.05, 0.1) is 0 Å². The lowest BCUT2D eigenvalue weighted by Gasteiger charge is -2.17. The lowest BCUT2D eigenvalue weighted by molar-refractivity contribution is 0.467. The van der Waals surface area contributed by atoms with Gasteiger partial charge in [0.15, 0.2) is 5.82 Å². The zero-order valence-corrected chi connectivity index (χ0v) is 13.4. The summed E-state index contributed by atoms with van der Waals surface area (Å²) in [6, 6.07) is 4.31. The van der Waals surface area contributed by atoms with Crippen molar-refractivity contribution in [3.05, 3.63) is 54.8 Å². The van der Waals surface area contributed by atoms with Crippen LogP contribution in [0.1, 0.15) is 25.2 Å². The molecule has 1 atom stereocenters. The van der Waals surface area contributed by atoms with Gasteiger partial charge in [0.25, 0.3) is 0 Å². The van der Waals surface area contributed by atoms with E-state index in [0.29, 0.717) is 6.04 Å². The number of pyridine rings is 1. The van der Waals surface area contributed by atoms with Crippen LogP contribution in [-0.2, 0) is 19.5 Å². The summed E-state index contributed by atoms with van der Waals surface area (Å²) < 4.78 is 3.88. The van der Waals surface area contributed by atoms with Crippen LogP contribution < -0.4 is 5.32 Å². The van der Waals surface area contributed by atoms with Crippen molar-refractivity contribution in [1.82, 2.24) is 34.6 Å². The molecule has 0 fully saturated rings. The number of rotatable bonds is 7. The van der Waals surface area contributed by atoms with E-state index in [1.165, 1.54) is 6.33 Å². The van der Waals surface area contributed by atoms with Crippen molar-refractivity contribution in [2.24, 2.45) is 0 Å². The third-order valence-electron chi connectivity index (χ3n) is 3.73. The predicted octanol–water partition coefficient (Wildman–Crippen LogP) is 1.60. The molecule has 0 aromatic carbocycles. The fourth-order valence-corrected chi connectivity index (χ4v) is 2.56. The van der Waals surface area contributed by atoms with Gasteiger partial charge in [-0.3, -0.25) is 0 Å². The Hall–Kier alpha value is -2.54. The van der Waals surface area contributed by atoms with Gasteiger partial charge in [-0.05, 0) is 13.0 Å². The van der Waals surface area contributed by atoms with Crippen molar-refractivity contribution in [3.63, 3.8) is 0 Å². The van der Waals surface area contributed by atoms with Crippen molar-refractivity contribution in [2.45, 2.75) is 39.4 Å². The average molecular weight is 311 g/mol. The van der Waals surface area contributed by atoms with Gasteiger partial charge in [-0.25, -0.2) is 19.6 Å². The highest BCUT2D eigenvalue weighted by atomic mass is 15.3. The molecule has 3 aromatic heterocycles. The molecule has 0 saturated carbocycles. The Kier molecular flexibility index (Phi) is 4.77. The van der Waals surface area contributed by atoms with E-state index in [4.69, 9.17) is 0 Å². The topological polar surface area (TPSA) is 73.5 Å².